The van der Waals surface area contributed by atoms with Gasteiger partial charge in [0.1, 0.15) is 11.5 Å². The summed E-state index contributed by atoms with van der Waals surface area (Å²) >= 11 is 0. The number of aryl methyl sites for hydroxylation is 1. The topological polar surface area (TPSA) is 39.3 Å². The summed E-state index contributed by atoms with van der Waals surface area (Å²) < 4.78 is 13.4. The Labute approximate surface area is 163 Å². The minimum absolute atomic E-state index is 0.00486. The van der Waals surface area contributed by atoms with Crippen LogP contribution in [0.3, 0.4) is 0 Å². The van der Waals surface area contributed by atoms with E-state index in [1.807, 2.05) is 4.90 Å². The van der Waals surface area contributed by atoms with Crippen LogP contribution >= 0.6 is 0 Å². The first kappa shape index (κ1) is 17.4. The van der Waals surface area contributed by atoms with E-state index in [2.05, 4.69) is 34.1 Å². The van der Waals surface area contributed by atoms with Gasteiger partial charge in [-0.1, -0.05) is 24.3 Å². The molecule has 5 rings (SSSR count). The zero-order valence-corrected chi connectivity index (χ0v) is 15.8. The molecular weight excluding hydrogens is 353 g/mol. The average molecular weight is 377 g/mol. The zero-order chi connectivity index (χ0) is 19.1. The van der Waals surface area contributed by atoms with Crippen molar-refractivity contribution in [2.45, 2.75) is 25.3 Å². The molecule has 1 fully saturated rings. The third kappa shape index (κ3) is 3.20. The van der Waals surface area contributed by atoms with Crippen LogP contribution in [0.15, 0.2) is 48.5 Å². The number of fused-ring (bicyclic) bond motifs is 2. The Morgan fingerprint density at radius 2 is 1.79 bits per heavy atom. The molecule has 2 aliphatic rings. The summed E-state index contributed by atoms with van der Waals surface area (Å²) in [6.07, 6.45) is 3.45. The van der Waals surface area contributed by atoms with Gasteiger partial charge in [0.15, 0.2) is 0 Å². The summed E-state index contributed by atoms with van der Waals surface area (Å²) in [6.45, 7) is 3.29. The molecule has 1 aliphatic heterocycles. The fourth-order valence-corrected chi connectivity index (χ4v) is 4.67. The third-order valence-corrected chi connectivity index (χ3v) is 6.25. The van der Waals surface area contributed by atoms with Crippen molar-refractivity contribution in [2.75, 3.05) is 26.2 Å². The molecule has 2 aromatic carbocycles. The van der Waals surface area contributed by atoms with Crippen LogP contribution in [0, 0.1) is 5.82 Å². The van der Waals surface area contributed by atoms with Crippen molar-refractivity contribution in [3.63, 3.8) is 0 Å². The van der Waals surface area contributed by atoms with Gasteiger partial charge in [-0.3, -0.25) is 9.69 Å². The van der Waals surface area contributed by atoms with E-state index in [1.54, 1.807) is 12.1 Å². The summed E-state index contributed by atoms with van der Waals surface area (Å²) in [5.74, 6) is -0.279. The summed E-state index contributed by atoms with van der Waals surface area (Å²) in [5.41, 5.74) is 4.30. The number of halogens is 1. The second kappa shape index (κ2) is 7.06. The Kier molecular flexibility index (Phi) is 4.40. The lowest BCUT2D eigenvalue weighted by Crippen LogP contribution is -2.53. The Bertz CT molecular complexity index is 1020. The number of aromatic amines is 1. The quantitative estimate of drug-likeness (QED) is 0.741. The Hall–Kier alpha value is -2.66. The number of benzene rings is 2. The van der Waals surface area contributed by atoms with E-state index >= 15 is 0 Å². The lowest BCUT2D eigenvalue weighted by Gasteiger charge is -2.41. The summed E-state index contributed by atoms with van der Waals surface area (Å²) in [4.78, 5) is 20.5. The zero-order valence-electron chi connectivity index (χ0n) is 15.8. The number of amides is 1. The molecule has 3 aromatic rings. The van der Waals surface area contributed by atoms with Crippen molar-refractivity contribution >= 4 is 16.8 Å². The molecule has 1 atom stereocenters. The van der Waals surface area contributed by atoms with E-state index < -0.39 is 0 Å². The van der Waals surface area contributed by atoms with Crippen molar-refractivity contribution < 1.29 is 9.18 Å². The van der Waals surface area contributed by atoms with Gasteiger partial charge >= 0.3 is 0 Å². The second-order valence-corrected chi connectivity index (χ2v) is 7.91. The van der Waals surface area contributed by atoms with Crippen LogP contribution in [0.5, 0.6) is 0 Å². The number of H-pyrrole nitrogens is 1. The number of aromatic nitrogens is 1. The van der Waals surface area contributed by atoms with E-state index in [4.69, 9.17) is 0 Å². The maximum atomic E-state index is 13.4. The van der Waals surface area contributed by atoms with Gasteiger partial charge in [0.25, 0.3) is 5.91 Å². The van der Waals surface area contributed by atoms with Crippen molar-refractivity contribution in [1.82, 2.24) is 14.8 Å². The van der Waals surface area contributed by atoms with E-state index in [1.165, 1.54) is 29.7 Å². The number of carbonyl (C=O) groups excluding carboxylic acids is 1. The van der Waals surface area contributed by atoms with Gasteiger partial charge in [-0.15, -0.1) is 0 Å². The number of hydrogen-bond acceptors (Lipinski definition) is 2. The van der Waals surface area contributed by atoms with Crippen molar-refractivity contribution in [3.8, 4) is 0 Å². The molecule has 1 aliphatic carbocycles. The summed E-state index contributed by atoms with van der Waals surface area (Å²) in [7, 11) is 0. The molecular formula is C23H24FN3O. The lowest BCUT2D eigenvalue weighted by molar-refractivity contribution is 0.0548. The Morgan fingerprint density at radius 3 is 2.61 bits per heavy atom. The van der Waals surface area contributed by atoms with Crippen LogP contribution in [0.1, 0.15) is 28.0 Å². The first-order valence-electron chi connectivity index (χ1n) is 10.1. The number of carbonyl (C=O) groups is 1. The highest BCUT2D eigenvalue weighted by Gasteiger charge is 2.29. The van der Waals surface area contributed by atoms with E-state index in [0.29, 0.717) is 11.7 Å². The van der Waals surface area contributed by atoms with E-state index in [-0.39, 0.29) is 11.7 Å². The van der Waals surface area contributed by atoms with Crippen LogP contribution < -0.4 is 0 Å². The summed E-state index contributed by atoms with van der Waals surface area (Å²) in [5, 5.41) is 0.739. The highest BCUT2D eigenvalue weighted by Crippen LogP contribution is 2.25. The average Bonchev–Trinajstić information content (AvgIpc) is 3.16. The molecule has 0 spiro atoms. The number of nitrogens with zero attached hydrogens (tertiary/aromatic N) is 2. The molecule has 0 saturated carbocycles. The molecule has 1 saturated heterocycles. The van der Waals surface area contributed by atoms with Gasteiger partial charge in [-0.2, -0.15) is 0 Å². The largest absolute Gasteiger partial charge is 0.351 e. The maximum Gasteiger partial charge on any atom is 0.270 e. The normalized spacial score (nSPS) is 20.3. The predicted octanol–water partition coefficient (Wildman–Crippen LogP) is 3.62. The van der Waals surface area contributed by atoms with Gasteiger partial charge in [0, 0.05) is 43.1 Å². The fraction of sp³-hybridized carbons (Fsp3) is 0.348. The smallest absolute Gasteiger partial charge is 0.270 e. The van der Waals surface area contributed by atoms with Crippen LogP contribution in [-0.2, 0) is 12.8 Å². The molecule has 28 heavy (non-hydrogen) atoms. The van der Waals surface area contributed by atoms with Crippen molar-refractivity contribution in [3.05, 3.63) is 71.2 Å². The van der Waals surface area contributed by atoms with Crippen LogP contribution in [0.2, 0.25) is 0 Å². The van der Waals surface area contributed by atoms with Crippen LogP contribution in [-0.4, -0.2) is 52.9 Å². The molecule has 1 amide bonds. The number of piperazine rings is 1. The van der Waals surface area contributed by atoms with Gasteiger partial charge in [0.2, 0.25) is 0 Å². The molecule has 1 N–H and O–H groups in total. The minimum Gasteiger partial charge on any atom is -0.351 e. The van der Waals surface area contributed by atoms with Gasteiger partial charge < -0.3 is 9.88 Å². The van der Waals surface area contributed by atoms with Gasteiger partial charge in [0.05, 0.1) is 0 Å². The maximum absolute atomic E-state index is 13.4. The molecule has 1 aromatic heterocycles. The molecule has 2 heterocycles. The molecule has 5 heteroatoms. The van der Waals surface area contributed by atoms with Crippen molar-refractivity contribution in [1.29, 1.82) is 0 Å². The monoisotopic (exact) mass is 377 g/mol. The molecule has 0 bridgehead atoms. The predicted molar refractivity (Wildman–Crippen MR) is 108 cm³/mol. The Morgan fingerprint density at radius 1 is 1.00 bits per heavy atom. The van der Waals surface area contributed by atoms with Crippen LogP contribution in [0.4, 0.5) is 4.39 Å². The number of hydrogen-bond donors (Lipinski definition) is 1. The first-order valence-corrected chi connectivity index (χ1v) is 10.1. The fourth-order valence-electron chi connectivity index (χ4n) is 4.67. The summed E-state index contributed by atoms with van der Waals surface area (Å²) in [6, 6.07) is 15.6. The molecule has 0 radical (unpaired) electrons. The Balaban J connectivity index is 1.23. The number of nitrogens with one attached hydrogen (secondary N) is 1. The molecule has 4 nitrogen and oxygen atoms in total. The first-order chi connectivity index (χ1) is 13.7. The van der Waals surface area contributed by atoms with E-state index in [0.717, 1.165) is 49.9 Å². The van der Waals surface area contributed by atoms with E-state index in [9.17, 15) is 9.18 Å². The minimum atomic E-state index is -0.284. The highest BCUT2D eigenvalue weighted by atomic mass is 19.1. The lowest BCUT2D eigenvalue weighted by atomic mass is 9.87. The number of rotatable bonds is 2. The third-order valence-electron chi connectivity index (χ3n) is 6.25. The molecule has 0 unspecified atom stereocenters. The van der Waals surface area contributed by atoms with Gasteiger partial charge in [-0.25, -0.2) is 4.39 Å². The van der Waals surface area contributed by atoms with Gasteiger partial charge in [-0.05, 0) is 54.7 Å². The van der Waals surface area contributed by atoms with Crippen molar-refractivity contribution in [2.24, 2.45) is 0 Å². The standard InChI is InChI=1S/C23H24FN3O/c24-19-6-8-21-18(13-19)15-22(25-21)23(28)27-11-9-26(10-12-27)20-7-5-16-3-1-2-4-17(16)14-20/h1-4,6,8,13,15,20,25H,5,7,9-12,14H2/t20-/m0/s1. The SMILES string of the molecule is O=C(c1cc2cc(F)ccc2[nH]1)N1CCN([C@H]2CCc3ccccc3C2)CC1. The highest BCUT2D eigenvalue weighted by molar-refractivity contribution is 5.98. The second-order valence-electron chi connectivity index (χ2n) is 7.91. The molecule has 144 valence electrons. The van der Waals surface area contributed by atoms with Crippen LogP contribution in [0.25, 0.3) is 10.9 Å².